The maximum atomic E-state index is 6.12. The molecule has 0 radical (unpaired) electrons. The Kier molecular flexibility index (Phi) is 4.84. The summed E-state index contributed by atoms with van der Waals surface area (Å²) in [6, 6.07) is 10.9. The lowest BCUT2D eigenvalue weighted by Crippen LogP contribution is -2.20. The van der Waals surface area contributed by atoms with Crippen LogP contribution in [0.1, 0.15) is 29.0 Å². The van der Waals surface area contributed by atoms with E-state index in [1.165, 1.54) is 16.0 Å². The van der Waals surface area contributed by atoms with Gasteiger partial charge < -0.3 is 5.32 Å². The smallest absolute Gasteiger partial charge is 0.0888 e. The monoisotopic (exact) mass is 343 g/mol. The van der Waals surface area contributed by atoms with E-state index in [1.807, 2.05) is 6.07 Å². The summed E-state index contributed by atoms with van der Waals surface area (Å²) in [6.45, 7) is 5.14. The first-order valence-electron chi connectivity index (χ1n) is 5.86. The van der Waals surface area contributed by atoms with Gasteiger partial charge in [-0.2, -0.15) is 0 Å². The van der Waals surface area contributed by atoms with Gasteiger partial charge in [0.15, 0.2) is 0 Å². The molecule has 2 rings (SSSR count). The van der Waals surface area contributed by atoms with Crippen molar-refractivity contribution in [1.29, 1.82) is 0 Å². The third-order valence-electron chi connectivity index (χ3n) is 2.77. The molecule has 1 aromatic carbocycles. The number of aryl methyl sites for hydroxylation is 1. The van der Waals surface area contributed by atoms with Crippen LogP contribution in [0.25, 0.3) is 0 Å². The normalized spacial score (nSPS) is 12.7. The van der Waals surface area contributed by atoms with E-state index in [0.717, 1.165) is 15.4 Å². The Labute approximate surface area is 125 Å². The van der Waals surface area contributed by atoms with Crippen LogP contribution in [0.5, 0.6) is 0 Å². The first kappa shape index (κ1) is 14.1. The van der Waals surface area contributed by atoms with E-state index in [9.17, 15) is 0 Å². The predicted molar refractivity (Wildman–Crippen MR) is 83.7 cm³/mol. The molecular formula is C14H15BrClNS. The lowest BCUT2D eigenvalue weighted by atomic mass is 10.0. The van der Waals surface area contributed by atoms with E-state index < -0.39 is 0 Å². The van der Waals surface area contributed by atoms with Gasteiger partial charge in [0.05, 0.1) is 14.9 Å². The molecule has 0 saturated carbocycles. The first-order chi connectivity index (χ1) is 8.61. The number of benzene rings is 1. The molecule has 1 heterocycles. The molecule has 0 bridgehead atoms. The summed E-state index contributed by atoms with van der Waals surface area (Å²) < 4.78 is 0.995. The predicted octanol–water partition coefficient (Wildman–Crippen LogP) is 5.17. The lowest BCUT2D eigenvalue weighted by molar-refractivity contribution is 0.639. The van der Waals surface area contributed by atoms with E-state index >= 15 is 0 Å². The fourth-order valence-electron chi connectivity index (χ4n) is 1.85. The van der Waals surface area contributed by atoms with Gasteiger partial charge in [0.25, 0.3) is 0 Å². The van der Waals surface area contributed by atoms with Crippen LogP contribution in [-0.2, 0) is 0 Å². The van der Waals surface area contributed by atoms with Crippen molar-refractivity contribution >= 4 is 38.9 Å². The van der Waals surface area contributed by atoms with Crippen LogP contribution in [-0.4, -0.2) is 6.54 Å². The highest BCUT2D eigenvalue weighted by molar-refractivity contribution is 9.11. The van der Waals surface area contributed by atoms with E-state index in [4.69, 9.17) is 11.6 Å². The summed E-state index contributed by atoms with van der Waals surface area (Å²) in [5.41, 5.74) is 2.55. The van der Waals surface area contributed by atoms with Gasteiger partial charge in [0, 0.05) is 4.88 Å². The standard InChI is InChI=1S/C14H15BrClNS/c1-3-17-13(10-6-4-9(2)5-7-10)12-8-11(16)14(15)18-12/h4-8,13,17H,3H2,1-2H3. The highest BCUT2D eigenvalue weighted by Gasteiger charge is 2.16. The molecular weight excluding hydrogens is 330 g/mol. The molecule has 1 unspecified atom stereocenters. The molecule has 1 N–H and O–H groups in total. The molecule has 0 aliphatic carbocycles. The van der Waals surface area contributed by atoms with Crippen LogP contribution >= 0.6 is 38.9 Å². The van der Waals surface area contributed by atoms with Gasteiger partial charge in [0.1, 0.15) is 0 Å². The Hall–Kier alpha value is -0.350. The molecule has 0 saturated heterocycles. The van der Waals surface area contributed by atoms with Gasteiger partial charge >= 0.3 is 0 Å². The second-order valence-electron chi connectivity index (χ2n) is 4.17. The Morgan fingerprint density at radius 1 is 1.33 bits per heavy atom. The van der Waals surface area contributed by atoms with Crippen LogP contribution in [0.15, 0.2) is 34.1 Å². The summed E-state index contributed by atoms with van der Waals surface area (Å²) >= 11 is 11.3. The second kappa shape index (κ2) is 6.20. The fraction of sp³-hybridized carbons (Fsp3) is 0.286. The third-order valence-corrected chi connectivity index (χ3v) is 5.31. The first-order valence-corrected chi connectivity index (χ1v) is 7.85. The minimum atomic E-state index is 0.212. The van der Waals surface area contributed by atoms with Crippen molar-refractivity contribution in [3.05, 3.63) is 55.1 Å². The minimum absolute atomic E-state index is 0.212. The largest absolute Gasteiger partial charge is 0.306 e. The van der Waals surface area contributed by atoms with Gasteiger partial charge in [-0.15, -0.1) is 11.3 Å². The Morgan fingerprint density at radius 3 is 2.50 bits per heavy atom. The van der Waals surface area contributed by atoms with Crippen LogP contribution in [0.3, 0.4) is 0 Å². The van der Waals surface area contributed by atoms with Gasteiger partial charge in [-0.1, -0.05) is 48.4 Å². The van der Waals surface area contributed by atoms with Crippen molar-refractivity contribution in [3.63, 3.8) is 0 Å². The molecule has 18 heavy (non-hydrogen) atoms. The van der Waals surface area contributed by atoms with Crippen LogP contribution in [0.4, 0.5) is 0 Å². The minimum Gasteiger partial charge on any atom is -0.306 e. The van der Waals surface area contributed by atoms with E-state index in [1.54, 1.807) is 11.3 Å². The summed E-state index contributed by atoms with van der Waals surface area (Å²) in [5, 5.41) is 4.29. The number of hydrogen-bond acceptors (Lipinski definition) is 2. The molecule has 2 aromatic rings. The Bertz CT molecular complexity index is 502. The number of halogens is 2. The lowest BCUT2D eigenvalue weighted by Gasteiger charge is -2.17. The van der Waals surface area contributed by atoms with Crippen molar-refractivity contribution in [3.8, 4) is 0 Å². The Morgan fingerprint density at radius 2 is 2.00 bits per heavy atom. The van der Waals surface area contributed by atoms with Crippen molar-refractivity contribution in [2.45, 2.75) is 19.9 Å². The van der Waals surface area contributed by atoms with Crippen LogP contribution in [0.2, 0.25) is 5.02 Å². The van der Waals surface area contributed by atoms with E-state index in [-0.39, 0.29) is 6.04 Å². The molecule has 0 fully saturated rings. The molecule has 96 valence electrons. The number of nitrogens with one attached hydrogen (secondary N) is 1. The zero-order chi connectivity index (χ0) is 13.1. The molecule has 1 atom stereocenters. The summed E-state index contributed by atoms with van der Waals surface area (Å²) in [6.07, 6.45) is 0. The molecule has 1 aromatic heterocycles. The maximum absolute atomic E-state index is 6.12. The molecule has 4 heteroatoms. The zero-order valence-corrected chi connectivity index (χ0v) is 13.5. The highest BCUT2D eigenvalue weighted by Crippen LogP contribution is 2.37. The van der Waals surface area contributed by atoms with Gasteiger partial charge in [0.2, 0.25) is 0 Å². The summed E-state index contributed by atoms with van der Waals surface area (Å²) in [7, 11) is 0. The molecule has 1 nitrogen and oxygen atoms in total. The zero-order valence-electron chi connectivity index (χ0n) is 10.3. The van der Waals surface area contributed by atoms with Crippen LogP contribution in [0, 0.1) is 6.92 Å². The van der Waals surface area contributed by atoms with Crippen molar-refractivity contribution in [2.24, 2.45) is 0 Å². The van der Waals surface area contributed by atoms with E-state index in [2.05, 4.69) is 59.4 Å². The average Bonchev–Trinajstić information content (AvgIpc) is 2.68. The third kappa shape index (κ3) is 3.15. The van der Waals surface area contributed by atoms with Gasteiger partial charge in [-0.3, -0.25) is 0 Å². The van der Waals surface area contributed by atoms with Crippen molar-refractivity contribution < 1.29 is 0 Å². The molecule has 0 spiro atoms. The van der Waals surface area contributed by atoms with E-state index in [0.29, 0.717) is 0 Å². The SMILES string of the molecule is CCNC(c1ccc(C)cc1)c1cc(Cl)c(Br)s1. The summed E-state index contributed by atoms with van der Waals surface area (Å²) in [4.78, 5) is 1.23. The number of hydrogen-bond donors (Lipinski definition) is 1. The fourth-order valence-corrected chi connectivity index (χ4v) is 3.70. The molecule has 0 aliphatic rings. The van der Waals surface area contributed by atoms with Crippen molar-refractivity contribution in [2.75, 3.05) is 6.54 Å². The topological polar surface area (TPSA) is 12.0 Å². The Balaban J connectivity index is 2.36. The second-order valence-corrected chi connectivity index (χ2v) is 6.98. The van der Waals surface area contributed by atoms with Gasteiger partial charge in [-0.25, -0.2) is 0 Å². The summed E-state index contributed by atoms with van der Waals surface area (Å²) in [5.74, 6) is 0. The number of rotatable bonds is 4. The van der Waals surface area contributed by atoms with Crippen LogP contribution < -0.4 is 5.32 Å². The van der Waals surface area contributed by atoms with Gasteiger partial charge in [-0.05, 0) is 41.0 Å². The molecule has 0 aliphatic heterocycles. The highest BCUT2D eigenvalue weighted by atomic mass is 79.9. The average molecular weight is 345 g/mol. The molecule has 0 amide bonds. The quantitative estimate of drug-likeness (QED) is 0.806. The van der Waals surface area contributed by atoms with Crippen molar-refractivity contribution in [1.82, 2.24) is 5.32 Å². The number of thiophene rings is 1. The maximum Gasteiger partial charge on any atom is 0.0888 e.